The number of rotatable bonds is 4. The molecular formula is C16H20ClN3O. The number of amides is 1. The molecule has 5 heteroatoms. The van der Waals surface area contributed by atoms with E-state index in [9.17, 15) is 4.79 Å². The fraction of sp³-hybridized carbons (Fsp3) is 0.375. The van der Waals surface area contributed by atoms with Crippen LogP contribution in [0.5, 0.6) is 0 Å². The van der Waals surface area contributed by atoms with Gasteiger partial charge in [-0.05, 0) is 40.1 Å². The van der Waals surface area contributed by atoms with E-state index >= 15 is 0 Å². The second-order valence-electron chi connectivity index (χ2n) is 5.90. The molecule has 0 saturated carbocycles. The van der Waals surface area contributed by atoms with Crippen molar-refractivity contribution in [2.45, 2.75) is 19.4 Å². The Morgan fingerprint density at radius 3 is 2.67 bits per heavy atom. The lowest BCUT2D eigenvalue weighted by Crippen LogP contribution is -2.48. The average molecular weight is 306 g/mol. The molecule has 1 aromatic heterocycles. The number of para-hydroxylation sites is 1. The average Bonchev–Trinajstić information content (AvgIpc) is 2.43. The molecular weight excluding hydrogens is 286 g/mol. The van der Waals surface area contributed by atoms with Crippen LogP contribution in [0.3, 0.4) is 0 Å². The van der Waals surface area contributed by atoms with Gasteiger partial charge in [-0.3, -0.25) is 4.79 Å². The quantitative estimate of drug-likeness (QED) is 0.883. The van der Waals surface area contributed by atoms with Crippen LogP contribution in [0.2, 0.25) is 5.15 Å². The van der Waals surface area contributed by atoms with Crippen LogP contribution >= 0.6 is 11.6 Å². The number of pyridine rings is 1. The molecule has 1 N–H and O–H groups in total. The number of likely N-dealkylation sites (N-methyl/N-ethyl adjacent to an activating group) is 1. The molecule has 0 spiro atoms. The molecule has 1 heterocycles. The van der Waals surface area contributed by atoms with Crippen LogP contribution in [0.4, 0.5) is 0 Å². The minimum atomic E-state index is -0.134. The second kappa shape index (κ2) is 6.00. The third-order valence-electron chi connectivity index (χ3n) is 3.82. The number of carbonyl (C=O) groups excluding carboxylic acids is 1. The van der Waals surface area contributed by atoms with E-state index in [1.54, 1.807) is 6.07 Å². The van der Waals surface area contributed by atoms with Crippen molar-refractivity contribution >= 4 is 28.4 Å². The maximum atomic E-state index is 12.5. The molecule has 0 radical (unpaired) electrons. The van der Waals surface area contributed by atoms with Gasteiger partial charge in [-0.2, -0.15) is 0 Å². The highest BCUT2D eigenvalue weighted by atomic mass is 35.5. The molecule has 0 aliphatic heterocycles. The molecule has 0 atom stereocenters. The normalized spacial score (nSPS) is 11.9. The van der Waals surface area contributed by atoms with Crippen molar-refractivity contribution in [1.82, 2.24) is 15.2 Å². The molecule has 0 fully saturated rings. The summed E-state index contributed by atoms with van der Waals surface area (Å²) in [5.74, 6) is -0.134. The van der Waals surface area contributed by atoms with Crippen molar-refractivity contribution < 1.29 is 4.79 Å². The summed E-state index contributed by atoms with van der Waals surface area (Å²) in [7, 11) is 3.98. The zero-order valence-corrected chi connectivity index (χ0v) is 13.5. The highest BCUT2D eigenvalue weighted by Gasteiger charge is 2.22. The number of benzene rings is 1. The first kappa shape index (κ1) is 15.7. The van der Waals surface area contributed by atoms with Crippen LogP contribution in [0.25, 0.3) is 10.9 Å². The van der Waals surface area contributed by atoms with Crippen molar-refractivity contribution in [3.63, 3.8) is 0 Å². The number of halogens is 1. The fourth-order valence-corrected chi connectivity index (χ4v) is 2.08. The predicted octanol–water partition coefficient (Wildman–Crippen LogP) is 2.96. The van der Waals surface area contributed by atoms with Crippen LogP contribution in [0, 0.1) is 0 Å². The van der Waals surface area contributed by atoms with Gasteiger partial charge in [0, 0.05) is 17.5 Å². The van der Waals surface area contributed by atoms with Crippen molar-refractivity contribution in [2.24, 2.45) is 0 Å². The molecule has 0 saturated heterocycles. The van der Waals surface area contributed by atoms with Gasteiger partial charge in [0.2, 0.25) is 0 Å². The number of nitrogens with zero attached hydrogens (tertiary/aromatic N) is 2. The zero-order valence-electron chi connectivity index (χ0n) is 12.8. The molecule has 1 aromatic carbocycles. The van der Waals surface area contributed by atoms with Crippen molar-refractivity contribution in [3.8, 4) is 0 Å². The first-order valence-electron chi connectivity index (χ1n) is 6.82. The van der Waals surface area contributed by atoms with Crippen molar-refractivity contribution in [3.05, 3.63) is 41.0 Å². The Kier molecular flexibility index (Phi) is 4.49. The standard InChI is InChI=1S/C16H20ClN3O/c1-16(2,20(3)4)10-18-15(21)12-9-14(17)19-13-8-6-5-7-11(12)13/h5-9H,10H2,1-4H3,(H,18,21). The van der Waals surface area contributed by atoms with Crippen molar-refractivity contribution in [1.29, 1.82) is 0 Å². The largest absolute Gasteiger partial charge is 0.350 e. The summed E-state index contributed by atoms with van der Waals surface area (Å²) < 4.78 is 0. The van der Waals surface area contributed by atoms with Gasteiger partial charge in [0.25, 0.3) is 5.91 Å². The van der Waals surface area contributed by atoms with Gasteiger partial charge in [-0.1, -0.05) is 29.8 Å². The molecule has 21 heavy (non-hydrogen) atoms. The Bertz CT molecular complexity index is 668. The number of hydrogen-bond donors (Lipinski definition) is 1. The topological polar surface area (TPSA) is 45.2 Å². The van der Waals surface area contributed by atoms with Gasteiger partial charge in [-0.25, -0.2) is 4.98 Å². The van der Waals surface area contributed by atoms with Gasteiger partial charge in [0.1, 0.15) is 5.15 Å². The van der Waals surface area contributed by atoms with E-state index in [-0.39, 0.29) is 11.4 Å². The smallest absolute Gasteiger partial charge is 0.252 e. The number of carbonyl (C=O) groups is 1. The molecule has 0 bridgehead atoms. The maximum absolute atomic E-state index is 12.5. The van der Waals surface area contributed by atoms with E-state index in [4.69, 9.17) is 11.6 Å². The third-order valence-corrected chi connectivity index (χ3v) is 4.02. The van der Waals surface area contributed by atoms with E-state index in [0.29, 0.717) is 17.3 Å². The Morgan fingerprint density at radius 1 is 1.33 bits per heavy atom. The van der Waals surface area contributed by atoms with Gasteiger partial charge in [0.15, 0.2) is 0 Å². The Labute approximate surface area is 130 Å². The lowest BCUT2D eigenvalue weighted by atomic mass is 10.0. The summed E-state index contributed by atoms with van der Waals surface area (Å²) in [6, 6.07) is 9.11. The summed E-state index contributed by atoms with van der Waals surface area (Å²) in [6.07, 6.45) is 0. The SMILES string of the molecule is CN(C)C(C)(C)CNC(=O)c1cc(Cl)nc2ccccc12. The van der Waals surface area contributed by atoms with Crippen LogP contribution in [-0.2, 0) is 0 Å². The third kappa shape index (κ3) is 3.52. The van der Waals surface area contributed by atoms with E-state index < -0.39 is 0 Å². The van der Waals surface area contributed by atoms with Gasteiger partial charge in [-0.15, -0.1) is 0 Å². The number of aromatic nitrogens is 1. The molecule has 112 valence electrons. The molecule has 2 rings (SSSR count). The minimum Gasteiger partial charge on any atom is -0.350 e. The van der Waals surface area contributed by atoms with E-state index in [0.717, 1.165) is 10.9 Å². The minimum absolute atomic E-state index is 0.123. The Morgan fingerprint density at radius 2 is 2.00 bits per heavy atom. The van der Waals surface area contributed by atoms with Gasteiger partial charge >= 0.3 is 0 Å². The molecule has 4 nitrogen and oxygen atoms in total. The fourth-order valence-electron chi connectivity index (χ4n) is 1.88. The monoisotopic (exact) mass is 305 g/mol. The first-order valence-corrected chi connectivity index (χ1v) is 7.20. The van der Waals surface area contributed by atoms with Gasteiger partial charge in [0.05, 0.1) is 11.1 Å². The van der Waals surface area contributed by atoms with Crippen LogP contribution in [-0.4, -0.2) is 42.0 Å². The maximum Gasteiger partial charge on any atom is 0.252 e. The Balaban J connectivity index is 2.28. The molecule has 0 unspecified atom stereocenters. The number of hydrogen-bond acceptors (Lipinski definition) is 3. The van der Waals surface area contributed by atoms with Crippen LogP contribution in [0.1, 0.15) is 24.2 Å². The number of nitrogens with one attached hydrogen (secondary N) is 1. The summed E-state index contributed by atoms with van der Waals surface area (Å²) in [6.45, 7) is 4.70. The van der Waals surface area contributed by atoms with Crippen LogP contribution < -0.4 is 5.32 Å². The van der Waals surface area contributed by atoms with Gasteiger partial charge < -0.3 is 10.2 Å². The predicted molar refractivity (Wildman–Crippen MR) is 86.9 cm³/mol. The zero-order chi connectivity index (χ0) is 15.6. The van der Waals surface area contributed by atoms with Crippen molar-refractivity contribution in [2.75, 3.05) is 20.6 Å². The van der Waals surface area contributed by atoms with Crippen LogP contribution in [0.15, 0.2) is 30.3 Å². The molecule has 0 aliphatic carbocycles. The molecule has 0 aliphatic rings. The number of fused-ring (bicyclic) bond motifs is 1. The molecule has 1 amide bonds. The first-order chi connectivity index (χ1) is 9.81. The van der Waals surface area contributed by atoms with E-state index in [1.165, 1.54) is 0 Å². The summed E-state index contributed by atoms with van der Waals surface area (Å²) in [4.78, 5) is 18.8. The van der Waals surface area contributed by atoms with E-state index in [2.05, 4.69) is 29.0 Å². The summed E-state index contributed by atoms with van der Waals surface area (Å²) in [5.41, 5.74) is 1.16. The molecule has 2 aromatic rings. The lowest BCUT2D eigenvalue weighted by Gasteiger charge is -2.32. The lowest BCUT2D eigenvalue weighted by molar-refractivity contribution is 0.0921. The highest BCUT2D eigenvalue weighted by Crippen LogP contribution is 2.21. The Hall–Kier alpha value is -1.65. The highest BCUT2D eigenvalue weighted by molar-refractivity contribution is 6.30. The van der Waals surface area contributed by atoms with E-state index in [1.807, 2.05) is 38.4 Å². The summed E-state index contributed by atoms with van der Waals surface area (Å²) >= 11 is 6.01. The summed E-state index contributed by atoms with van der Waals surface area (Å²) in [5, 5.41) is 4.11. The second-order valence-corrected chi connectivity index (χ2v) is 6.29.